The number of nitrogens with one attached hydrogen (secondary N) is 1. The van der Waals surface area contributed by atoms with Crippen molar-refractivity contribution in [2.75, 3.05) is 18.2 Å². The van der Waals surface area contributed by atoms with Gasteiger partial charge in [0, 0.05) is 23.7 Å². The molecule has 0 spiro atoms. The molecule has 3 N–H and O–H groups in total. The van der Waals surface area contributed by atoms with Crippen LogP contribution < -0.4 is 15.8 Å². The molecule has 116 valence electrons. The third-order valence-corrected chi connectivity index (χ3v) is 4.08. The maximum Gasteiger partial charge on any atom is 0.136 e. The van der Waals surface area contributed by atoms with Crippen molar-refractivity contribution >= 4 is 17.3 Å². The molecule has 0 radical (unpaired) electrons. The van der Waals surface area contributed by atoms with E-state index >= 15 is 0 Å². The van der Waals surface area contributed by atoms with E-state index in [1.807, 2.05) is 24.3 Å². The minimum Gasteiger partial charge on any atom is -0.497 e. The molecule has 0 unspecified atom stereocenters. The van der Waals surface area contributed by atoms with Crippen LogP contribution in [0.4, 0.5) is 17.3 Å². The fourth-order valence-electron chi connectivity index (χ4n) is 2.94. The summed E-state index contributed by atoms with van der Waals surface area (Å²) >= 11 is 0. The van der Waals surface area contributed by atoms with Gasteiger partial charge >= 0.3 is 0 Å². The van der Waals surface area contributed by atoms with Crippen LogP contribution in [0.25, 0.3) is 0 Å². The second-order valence-corrected chi connectivity index (χ2v) is 5.73. The number of nitrogens with two attached hydrogens (primary N) is 1. The maximum absolute atomic E-state index is 5.96. The first kappa shape index (κ1) is 14.6. The lowest BCUT2D eigenvalue weighted by Crippen LogP contribution is -2.11. The van der Waals surface area contributed by atoms with Crippen LogP contribution >= 0.6 is 0 Å². The summed E-state index contributed by atoms with van der Waals surface area (Å²) in [6.45, 7) is 0. The molecule has 1 aliphatic rings. The second kappa shape index (κ2) is 6.64. The number of rotatable bonds is 4. The number of anilines is 3. The third kappa shape index (κ3) is 3.47. The summed E-state index contributed by atoms with van der Waals surface area (Å²) in [6, 6.07) is 9.52. The highest BCUT2D eigenvalue weighted by molar-refractivity contribution is 5.60. The normalized spacial score (nSPS) is 15.5. The molecule has 22 heavy (non-hydrogen) atoms. The first-order valence-electron chi connectivity index (χ1n) is 7.80. The number of nitrogens with zero attached hydrogens (tertiary/aromatic N) is 2. The predicted molar refractivity (Wildman–Crippen MR) is 88.5 cm³/mol. The SMILES string of the molecule is COc1cccc(Nc2cc(N)nc(C3CCCCC3)n2)c1. The number of nitrogen functional groups attached to an aromatic ring is 1. The summed E-state index contributed by atoms with van der Waals surface area (Å²) in [5.41, 5.74) is 6.88. The Labute approximate surface area is 130 Å². The molecular formula is C17H22N4O. The van der Waals surface area contributed by atoms with Crippen LogP contribution in [0.5, 0.6) is 5.75 Å². The highest BCUT2D eigenvalue weighted by atomic mass is 16.5. The van der Waals surface area contributed by atoms with E-state index in [9.17, 15) is 0 Å². The van der Waals surface area contributed by atoms with Crippen LogP contribution in [0.15, 0.2) is 30.3 Å². The average molecular weight is 298 g/mol. The minimum atomic E-state index is 0.433. The van der Waals surface area contributed by atoms with Gasteiger partial charge in [-0.25, -0.2) is 9.97 Å². The highest BCUT2D eigenvalue weighted by Crippen LogP contribution is 2.32. The molecule has 0 amide bonds. The molecule has 1 saturated carbocycles. The minimum absolute atomic E-state index is 0.433. The van der Waals surface area contributed by atoms with Crippen molar-refractivity contribution in [2.24, 2.45) is 0 Å². The molecule has 0 saturated heterocycles. The average Bonchev–Trinajstić information content (AvgIpc) is 2.55. The van der Waals surface area contributed by atoms with Gasteiger partial charge in [0.05, 0.1) is 7.11 Å². The molecule has 1 heterocycles. The number of aromatic nitrogens is 2. The largest absolute Gasteiger partial charge is 0.497 e. The van der Waals surface area contributed by atoms with Gasteiger partial charge in [-0.05, 0) is 25.0 Å². The Balaban J connectivity index is 1.82. The maximum atomic E-state index is 5.96. The molecular weight excluding hydrogens is 276 g/mol. The van der Waals surface area contributed by atoms with Gasteiger partial charge in [0.25, 0.3) is 0 Å². The molecule has 5 nitrogen and oxygen atoms in total. The Kier molecular flexibility index (Phi) is 4.42. The van der Waals surface area contributed by atoms with Gasteiger partial charge in [0.2, 0.25) is 0 Å². The van der Waals surface area contributed by atoms with Crippen molar-refractivity contribution in [3.8, 4) is 5.75 Å². The van der Waals surface area contributed by atoms with E-state index in [-0.39, 0.29) is 0 Å². The van der Waals surface area contributed by atoms with E-state index in [1.54, 1.807) is 13.2 Å². The molecule has 0 aliphatic heterocycles. The van der Waals surface area contributed by atoms with Crippen LogP contribution in [-0.2, 0) is 0 Å². The summed E-state index contributed by atoms with van der Waals surface area (Å²) in [7, 11) is 1.66. The van der Waals surface area contributed by atoms with Gasteiger partial charge in [-0.2, -0.15) is 0 Å². The fraction of sp³-hybridized carbons (Fsp3) is 0.412. The highest BCUT2D eigenvalue weighted by Gasteiger charge is 2.19. The summed E-state index contributed by atoms with van der Waals surface area (Å²) < 4.78 is 5.24. The topological polar surface area (TPSA) is 73.1 Å². The zero-order valence-electron chi connectivity index (χ0n) is 12.9. The lowest BCUT2D eigenvalue weighted by Gasteiger charge is -2.21. The Morgan fingerprint density at radius 3 is 2.73 bits per heavy atom. The molecule has 0 atom stereocenters. The summed E-state index contributed by atoms with van der Waals surface area (Å²) in [5.74, 6) is 3.36. The summed E-state index contributed by atoms with van der Waals surface area (Å²) in [5, 5.41) is 3.29. The van der Waals surface area contributed by atoms with Gasteiger partial charge in [-0.1, -0.05) is 25.3 Å². The van der Waals surface area contributed by atoms with Crippen LogP contribution in [-0.4, -0.2) is 17.1 Å². The molecule has 0 bridgehead atoms. The molecule has 1 aliphatic carbocycles. The molecule has 3 rings (SSSR count). The van der Waals surface area contributed by atoms with Crippen LogP contribution in [0.2, 0.25) is 0 Å². The number of hydrogen-bond donors (Lipinski definition) is 2. The van der Waals surface area contributed by atoms with E-state index in [0.717, 1.165) is 35.9 Å². The monoisotopic (exact) mass is 298 g/mol. The lowest BCUT2D eigenvalue weighted by molar-refractivity contribution is 0.415. The van der Waals surface area contributed by atoms with Crippen molar-refractivity contribution in [3.05, 3.63) is 36.2 Å². The van der Waals surface area contributed by atoms with Crippen molar-refractivity contribution in [2.45, 2.75) is 38.0 Å². The van der Waals surface area contributed by atoms with E-state index in [4.69, 9.17) is 10.5 Å². The molecule has 5 heteroatoms. The summed E-state index contributed by atoms with van der Waals surface area (Å²) in [4.78, 5) is 9.10. The number of hydrogen-bond acceptors (Lipinski definition) is 5. The zero-order valence-corrected chi connectivity index (χ0v) is 12.9. The molecule has 2 aromatic rings. The molecule has 1 aromatic heterocycles. The third-order valence-electron chi connectivity index (χ3n) is 4.08. The molecule has 1 aromatic carbocycles. The van der Waals surface area contributed by atoms with E-state index < -0.39 is 0 Å². The Morgan fingerprint density at radius 1 is 1.14 bits per heavy atom. The van der Waals surface area contributed by atoms with Gasteiger partial charge in [-0.3, -0.25) is 0 Å². The van der Waals surface area contributed by atoms with Crippen molar-refractivity contribution in [1.82, 2.24) is 9.97 Å². The van der Waals surface area contributed by atoms with E-state index in [2.05, 4.69) is 15.3 Å². The van der Waals surface area contributed by atoms with Crippen LogP contribution in [0, 0.1) is 0 Å². The number of methoxy groups -OCH3 is 1. The Bertz CT molecular complexity index is 638. The predicted octanol–water partition coefficient (Wildman–Crippen LogP) is 3.86. The standard InChI is InChI=1S/C17H22N4O/c1-22-14-9-5-8-13(10-14)19-16-11-15(18)20-17(21-16)12-6-3-2-4-7-12/h5,8-12H,2-4,6-7H2,1H3,(H3,18,19,20,21). The van der Waals surface area contributed by atoms with Gasteiger partial charge in [0.15, 0.2) is 0 Å². The number of ether oxygens (including phenoxy) is 1. The van der Waals surface area contributed by atoms with Crippen molar-refractivity contribution < 1.29 is 4.74 Å². The quantitative estimate of drug-likeness (QED) is 0.896. The Morgan fingerprint density at radius 2 is 1.95 bits per heavy atom. The fourth-order valence-corrected chi connectivity index (χ4v) is 2.94. The van der Waals surface area contributed by atoms with Gasteiger partial charge in [-0.15, -0.1) is 0 Å². The Hall–Kier alpha value is -2.30. The second-order valence-electron chi connectivity index (χ2n) is 5.73. The zero-order chi connectivity index (χ0) is 15.4. The van der Waals surface area contributed by atoms with Gasteiger partial charge < -0.3 is 15.8 Å². The van der Waals surface area contributed by atoms with Crippen LogP contribution in [0.1, 0.15) is 43.8 Å². The first-order valence-corrected chi connectivity index (χ1v) is 7.80. The lowest BCUT2D eigenvalue weighted by atomic mass is 9.89. The van der Waals surface area contributed by atoms with E-state index in [1.165, 1.54) is 19.3 Å². The summed E-state index contributed by atoms with van der Waals surface area (Å²) in [6.07, 6.45) is 6.13. The van der Waals surface area contributed by atoms with Crippen LogP contribution in [0.3, 0.4) is 0 Å². The first-order chi connectivity index (χ1) is 10.7. The van der Waals surface area contributed by atoms with E-state index in [0.29, 0.717) is 11.7 Å². The van der Waals surface area contributed by atoms with Gasteiger partial charge in [0.1, 0.15) is 23.2 Å². The molecule has 1 fully saturated rings. The number of benzene rings is 1. The smallest absolute Gasteiger partial charge is 0.136 e. The van der Waals surface area contributed by atoms with Crippen molar-refractivity contribution in [3.63, 3.8) is 0 Å². The van der Waals surface area contributed by atoms with Crippen molar-refractivity contribution in [1.29, 1.82) is 0 Å².